The van der Waals surface area contributed by atoms with Crippen LogP contribution in [0.5, 0.6) is 5.88 Å². The summed E-state index contributed by atoms with van der Waals surface area (Å²) in [4.78, 5) is 11.3. The van der Waals surface area contributed by atoms with Gasteiger partial charge < -0.3 is 20.3 Å². The summed E-state index contributed by atoms with van der Waals surface area (Å²) >= 11 is 1.82. The lowest BCUT2D eigenvalue weighted by molar-refractivity contribution is 0.201. The summed E-state index contributed by atoms with van der Waals surface area (Å²) in [5.74, 6) is 1.59. The standard InChI is InChI=1S/C22H31N5OS/c1-23-22(26-18-10-12-27(13-11-18)21-7-4-14-29-21)25-16-17-8-9-20(24-15-17)28-19-5-2-3-6-19/h4,7-9,14-15,18-19H,2-3,5-6,10-13,16H2,1H3,(H2,23,25,26). The van der Waals surface area contributed by atoms with Gasteiger partial charge in [0.05, 0.1) is 5.00 Å². The molecule has 1 aliphatic heterocycles. The fourth-order valence-corrected chi connectivity index (χ4v) is 4.82. The quantitative estimate of drug-likeness (QED) is 0.557. The lowest BCUT2D eigenvalue weighted by atomic mass is 10.1. The number of nitrogens with one attached hydrogen (secondary N) is 2. The minimum Gasteiger partial charge on any atom is -0.474 e. The second-order valence-corrected chi connectivity index (χ2v) is 8.74. The molecule has 0 radical (unpaired) electrons. The maximum absolute atomic E-state index is 5.94. The molecule has 1 aliphatic carbocycles. The van der Waals surface area contributed by atoms with Gasteiger partial charge in [0.1, 0.15) is 6.10 Å². The topological polar surface area (TPSA) is 61.8 Å². The van der Waals surface area contributed by atoms with Crippen LogP contribution in [0.2, 0.25) is 0 Å². The molecule has 1 saturated heterocycles. The second-order valence-electron chi connectivity index (χ2n) is 7.81. The molecule has 0 bridgehead atoms. The van der Waals surface area contributed by atoms with Gasteiger partial charge in [0, 0.05) is 45.0 Å². The first kappa shape index (κ1) is 20.0. The highest BCUT2D eigenvalue weighted by atomic mass is 32.1. The number of guanidine groups is 1. The van der Waals surface area contributed by atoms with Gasteiger partial charge in [0.15, 0.2) is 5.96 Å². The molecule has 2 aromatic rings. The molecule has 0 atom stereocenters. The molecule has 29 heavy (non-hydrogen) atoms. The summed E-state index contributed by atoms with van der Waals surface area (Å²) in [5, 5.41) is 10.5. The first-order valence-electron chi connectivity index (χ1n) is 10.7. The molecule has 2 N–H and O–H groups in total. The molecule has 2 fully saturated rings. The molecule has 0 spiro atoms. The van der Waals surface area contributed by atoms with E-state index in [0.717, 1.165) is 56.2 Å². The van der Waals surface area contributed by atoms with Crippen molar-refractivity contribution in [1.82, 2.24) is 15.6 Å². The van der Waals surface area contributed by atoms with E-state index in [4.69, 9.17) is 4.74 Å². The zero-order chi connectivity index (χ0) is 19.9. The zero-order valence-corrected chi connectivity index (χ0v) is 18.0. The van der Waals surface area contributed by atoms with Gasteiger partial charge in [-0.2, -0.15) is 0 Å². The van der Waals surface area contributed by atoms with E-state index in [-0.39, 0.29) is 0 Å². The molecule has 0 amide bonds. The first-order valence-corrected chi connectivity index (χ1v) is 11.6. The van der Waals surface area contributed by atoms with Gasteiger partial charge in [0.2, 0.25) is 5.88 Å². The normalized spacial score (nSPS) is 18.8. The van der Waals surface area contributed by atoms with Crippen LogP contribution in [-0.4, -0.2) is 43.2 Å². The number of thiophene rings is 1. The molecule has 1 saturated carbocycles. The molecule has 2 aromatic heterocycles. The Hall–Kier alpha value is -2.28. The SMILES string of the molecule is CN=C(NCc1ccc(OC2CCCC2)nc1)NC1CCN(c2cccs2)CC1. The summed E-state index contributed by atoms with van der Waals surface area (Å²) in [6, 6.07) is 8.84. The van der Waals surface area contributed by atoms with Crippen LogP contribution >= 0.6 is 11.3 Å². The molecule has 0 unspecified atom stereocenters. The van der Waals surface area contributed by atoms with E-state index >= 15 is 0 Å². The Bertz CT molecular complexity index is 763. The number of pyridine rings is 1. The predicted molar refractivity (Wildman–Crippen MR) is 120 cm³/mol. The molecule has 156 valence electrons. The summed E-state index contributed by atoms with van der Waals surface area (Å²) in [7, 11) is 1.83. The maximum Gasteiger partial charge on any atom is 0.213 e. The number of aliphatic imine (C=N–C) groups is 1. The van der Waals surface area contributed by atoms with Crippen molar-refractivity contribution in [2.75, 3.05) is 25.0 Å². The minimum atomic E-state index is 0.348. The van der Waals surface area contributed by atoms with E-state index in [2.05, 4.69) is 49.1 Å². The molecular weight excluding hydrogens is 382 g/mol. The zero-order valence-electron chi connectivity index (χ0n) is 17.1. The fourth-order valence-electron chi connectivity index (χ4n) is 4.03. The number of hydrogen-bond donors (Lipinski definition) is 2. The Labute approximate surface area is 177 Å². The van der Waals surface area contributed by atoms with Crippen LogP contribution in [-0.2, 0) is 6.54 Å². The highest BCUT2D eigenvalue weighted by Crippen LogP contribution is 2.25. The highest BCUT2D eigenvalue weighted by molar-refractivity contribution is 7.14. The Morgan fingerprint density at radius 3 is 2.69 bits per heavy atom. The van der Waals surface area contributed by atoms with Crippen LogP contribution in [0.1, 0.15) is 44.1 Å². The monoisotopic (exact) mass is 413 g/mol. The predicted octanol–water partition coefficient (Wildman–Crippen LogP) is 3.80. The fraction of sp³-hybridized carbons (Fsp3) is 0.545. The van der Waals surface area contributed by atoms with Gasteiger partial charge in [-0.1, -0.05) is 6.07 Å². The van der Waals surface area contributed by atoms with Crippen molar-refractivity contribution in [3.05, 3.63) is 41.4 Å². The maximum atomic E-state index is 5.94. The third-order valence-corrected chi connectivity index (χ3v) is 6.65. The van der Waals surface area contributed by atoms with Crippen LogP contribution in [0.15, 0.2) is 40.8 Å². The summed E-state index contributed by atoms with van der Waals surface area (Å²) in [6.07, 6.45) is 9.32. The largest absolute Gasteiger partial charge is 0.474 e. The average molecular weight is 414 g/mol. The van der Waals surface area contributed by atoms with Crippen molar-refractivity contribution < 1.29 is 4.74 Å². The summed E-state index contributed by atoms with van der Waals surface area (Å²) in [5.41, 5.74) is 1.12. The van der Waals surface area contributed by atoms with Crippen LogP contribution in [0.4, 0.5) is 5.00 Å². The van der Waals surface area contributed by atoms with Gasteiger partial charge in [-0.25, -0.2) is 4.98 Å². The van der Waals surface area contributed by atoms with E-state index in [1.54, 1.807) is 0 Å². The van der Waals surface area contributed by atoms with Crippen molar-refractivity contribution >= 4 is 22.3 Å². The van der Waals surface area contributed by atoms with E-state index < -0.39 is 0 Å². The Morgan fingerprint density at radius 1 is 1.21 bits per heavy atom. The molecule has 7 heteroatoms. The lowest BCUT2D eigenvalue weighted by Gasteiger charge is -2.33. The van der Waals surface area contributed by atoms with Crippen molar-refractivity contribution in [2.24, 2.45) is 4.99 Å². The molecule has 0 aromatic carbocycles. The number of nitrogens with zero attached hydrogens (tertiary/aromatic N) is 3. The van der Waals surface area contributed by atoms with Crippen LogP contribution in [0.3, 0.4) is 0 Å². The number of rotatable bonds is 6. The molecule has 2 aliphatic rings. The number of anilines is 1. The number of piperidine rings is 1. The van der Waals surface area contributed by atoms with Crippen LogP contribution in [0.25, 0.3) is 0 Å². The second kappa shape index (κ2) is 9.96. The third-order valence-electron chi connectivity index (χ3n) is 5.72. The Balaban J connectivity index is 1.20. The van der Waals surface area contributed by atoms with Crippen molar-refractivity contribution in [1.29, 1.82) is 0 Å². The highest BCUT2D eigenvalue weighted by Gasteiger charge is 2.21. The summed E-state index contributed by atoms with van der Waals surface area (Å²) in [6.45, 7) is 2.87. The van der Waals surface area contributed by atoms with Crippen molar-refractivity contribution in [2.45, 2.75) is 57.2 Å². The van der Waals surface area contributed by atoms with Gasteiger partial charge in [0.25, 0.3) is 0 Å². The summed E-state index contributed by atoms with van der Waals surface area (Å²) < 4.78 is 5.94. The van der Waals surface area contributed by atoms with E-state index in [1.807, 2.05) is 30.6 Å². The minimum absolute atomic E-state index is 0.348. The van der Waals surface area contributed by atoms with Gasteiger partial charge in [-0.3, -0.25) is 4.99 Å². The lowest BCUT2D eigenvalue weighted by Crippen LogP contribution is -2.48. The first-order chi connectivity index (χ1) is 14.3. The number of ether oxygens (including phenoxy) is 1. The van der Waals surface area contributed by atoms with E-state index in [0.29, 0.717) is 18.7 Å². The molecule has 4 rings (SSSR count). The van der Waals surface area contributed by atoms with Crippen LogP contribution in [0, 0.1) is 0 Å². The van der Waals surface area contributed by atoms with Crippen molar-refractivity contribution in [3.63, 3.8) is 0 Å². The van der Waals surface area contributed by atoms with Crippen molar-refractivity contribution in [3.8, 4) is 5.88 Å². The molecule has 6 nitrogen and oxygen atoms in total. The van der Waals surface area contributed by atoms with Gasteiger partial charge in [-0.15, -0.1) is 11.3 Å². The smallest absolute Gasteiger partial charge is 0.213 e. The third kappa shape index (κ3) is 5.63. The average Bonchev–Trinajstić information content (AvgIpc) is 3.47. The van der Waals surface area contributed by atoms with Crippen LogP contribution < -0.4 is 20.3 Å². The Kier molecular flexibility index (Phi) is 6.87. The van der Waals surface area contributed by atoms with E-state index in [9.17, 15) is 0 Å². The van der Waals surface area contributed by atoms with E-state index in [1.165, 1.54) is 17.8 Å². The number of hydrogen-bond acceptors (Lipinski definition) is 5. The Morgan fingerprint density at radius 2 is 2.03 bits per heavy atom. The van der Waals surface area contributed by atoms with Gasteiger partial charge in [-0.05, 0) is 61.6 Å². The number of aromatic nitrogens is 1. The van der Waals surface area contributed by atoms with Gasteiger partial charge >= 0.3 is 0 Å². The molecular formula is C22H31N5OS. The molecule has 3 heterocycles.